The van der Waals surface area contributed by atoms with Gasteiger partial charge in [-0.1, -0.05) is 30.3 Å². The Bertz CT molecular complexity index is 1000. The van der Waals surface area contributed by atoms with Crippen molar-refractivity contribution in [2.75, 3.05) is 19.5 Å². The van der Waals surface area contributed by atoms with Crippen LogP contribution in [0.4, 0.5) is 5.69 Å². The number of carbonyl (C=O) groups excluding carboxylic acids is 1. The summed E-state index contributed by atoms with van der Waals surface area (Å²) in [5.41, 5.74) is 1.59. The number of anilines is 1. The number of ether oxygens (including phenoxy) is 2. The van der Waals surface area contributed by atoms with Gasteiger partial charge < -0.3 is 14.8 Å². The Hall–Kier alpha value is -3.61. The lowest BCUT2D eigenvalue weighted by Gasteiger charge is -2.12. The van der Waals surface area contributed by atoms with Crippen LogP contribution in [0, 0.1) is 0 Å². The highest BCUT2D eigenvalue weighted by molar-refractivity contribution is 5.92. The molecule has 0 bridgehead atoms. The normalized spacial score (nSPS) is 10.3. The Morgan fingerprint density at radius 3 is 2.52 bits per heavy atom. The SMILES string of the molecule is COc1ccc(NC(=O)Cn2cnc(-c3ccccc3)cc2=O)c(OC)c1. The van der Waals surface area contributed by atoms with Gasteiger partial charge in [-0.05, 0) is 12.1 Å². The van der Waals surface area contributed by atoms with E-state index in [1.807, 2.05) is 30.3 Å². The van der Waals surface area contributed by atoms with E-state index in [-0.39, 0.29) is 18.0 Å². The Kier molecular flexibility index (Phi) is 5.51. The summed E-state index contributed by atoms with van der Waals surface area (Å²) in [4.78, 5) is 28.9. The van der Waals surface area contributed by atoms with Crippen molar-refractivity contribution in [1.82, 2.24) is 9.55 Å². The van der Waals surface area contributed by atoms with Gasteiger partial charge in [0.1, 0.15) is 18.0 Å². The Morgan fingerprint density at radius 2 is 1.85 bits per heavy atom. The van der Waals surface area contributed by atoms with Crippen molar-refractivity contribution in [2.24, 2.45) is 0 Å². The maximum absolute atomic E-state index is 12.3. The molecule has 1 amide bonds. The van der Waals surface area contributed by atoms with Crippen molar-refractivity contribution in [3.8, 4) is 22.8 Å². The van der Waals surface area contributed by atoms with E-state index >= 15 is 0 Å². The molecular weight excluding hydrogens is 346 g/mol. The van der Waals surface area contributed by atoms with Crippen LogP contribution in [0.3, 0.4) is 0 Å². The lowest BCUT2D eigenvalue weighted by Crippen LogP contribution is -2.27. The smallest absolute Gasteiger partial charge is 0.254 e. The first kappa shape index (κ1) is 18.2. The van der Waals surface area contributed by atoms with Gasteiger partial charge in [0.25, 0.3) is 5.56 Å². The zero-order valence-corrected chi connectivity index (χ0v) is 15.0. The third kappa shape index (κ3) is 4.33. The van der Waals surface area contributed by atoms with Crippen molar-refractivity contribution in [3.05, 3.63) is 71.3 Å². The minimum atomic E-state index is -0.366. The van der Waals surface area contributed by atoms with Crippen molar-refractivity contribution in [2.45, 2.75) is 6.54 Å². The van der Waals surface area contributed by atoms with Crippen LogP contribution < -0.4 is 20.3 Å². The Labute approximate surface area is 156 Å². The van der Waals surface area contributed by atoms with Crippen molar-refractivity contribution >= 4 is 11.6 Å². The van der Waals surface area contributed by atoms with Gasteiger partial charge in [0.05, 0.1) is 31.9 Å². The fourth-order valence-electron chi connectivity index (χ4n) is 2.56. The highest BCUT2D eigenvalue weighted by Crippen LogP contribution is 2.28. The highest BCUT2D eigenvalue weighted by Gasteiger charge is 2.11. The Balaban J connectivity index is 1.74. The number of methoxy groups -OCH3 is 2. The molecule has 7 heteroatoms. The average Bonchev–Trinajstić information content (AvgIpc) is 2.70. The minimum absolute atomic E-state index is 0.157. The van der Waals surface area contributed by atoms with E-state index in [9.17, 15) is 9.59 Å². The number of carbonyl (C=O) groups is 1. The van der Waals surface area contributed by atoms with E-state index in [1.165, 1.54) is 24.1 Å². The number of benzene rings is 2. The van der Waals surface area contributed by atoms with E-state index in [2.05, 4.69) is 10.3 Å². The van der Waals surface area contributed by atoms with Crippen molar-refractivity contribution < 1.29 is 14.3 Å². The first-order valence-corrected chi connectivity index (χ1v) is 8.24. The molecule has 0 spiro atoms. The zero-order valence-electron chi connectivity index (χ0n) is 15.0. The summed E-state index contributed by atoms with van der Waals surface area (Å²) in [5, 5.41) is 2.73. The predicted octanol–water partition coefficient (Wildman–Crippen LogP) is 2.57. The molecular formula is C20H19N3O4. The van der Waals surface area contributed by atoms with Gasteiger partial charge in [-0.15, -0.1) is 0 Å². The van der Waals surface area contributed by atoms with Crippen LogP contribution in [-0.4, -0.2) is 29.7 Å². The molecule has 0 unspecified atom stereocenters. The molecule has 3 rings (SSSR count). The first-order valence-electron chi connectivity index (χ1n) is 8.24. The average molecular weight is 365 g/mol. The van der Waals surface area contributed by atoms with Crippen molar-refractivity contribution in [3.63, 3.8) is 0 Å². The fraction of sp³-hybridized carbons (Fsp3) is 0.150. The molecule has 1 heterocycles. The molecule has 0 aliphatic rings. The highest BCUT2D eigenvalue weighted by atomic mass is 16.5. The zero-order chi connectivity index (χ0) is 19.2. The lowest BCUT2D eigenvalue weighted by atomic mass is 10.1. The van der Waals surface area contributed by atoms with Crippen LogP contribution in [0.2, 0.25) is 0 Å². The summed E-state index contributed by atoms with van der Waals surface area (Å²) >= 11 is 0. The maximum Gasteiger partial charge on any atom is 0.254 e. The summed E-state index contributed by atoms with van der Waals surface area (Å²) in [7, 11) is 3.05. The topological polar surface area (TPSA) is 82.5 Å². The third-order valence-corrected chi connectivity index (χ3v) is 3.95. The van der Waals surface area contributed by atoms with Crippen LogP contribution in [0.15, 0.2) is 65.7 Å². The fourth-order valence-corrected chi connectivity index (χ4v) is 2.56. The molecule has 0 saturated heterocycles. The second-order valence-electron chi connectivity index (χ2n) is 5.72. The number of hydrogen-bond acceptors (Lipinski definition) is 5. The second-order valence-corrected chi connectivity index (χ2v) is 5.72. The second kappa shape index (κ2) is 8.18. The molecule has 0 aliphatic heterocycles. The number of hydrogen-bond donors (Lipinski definition) is 1. The van der Waals surface area contributed by atoms with Crippen LogP contribution >= 0.6 is 0 Å². The molecule has 0 fully saturated rings. The van der Waals surface area contributed by atoms with Crippen LogP contribution in [0.25, 0.3) is 11.3 Å². The van der Waals surface area contributed by atoms with Crippen molar-refractivity contribution in [1.29, 1.82) is 0 Å². The summed E-state index contributed by atoms with van der Waals surface area (Å²) in [6, 6.07) is 15.8. The number of amides is 1. The standard InChI is InChI=1S/C20H19N3O4/c1-26-15-8-9-16(18(10-15)27-2)22-19(24)12-23-13-21-17(11-20(23)25)14-6-4-3-5-7-14/h3-11,13H,12H2,1-2H3,(H,22,24). The van der Waals surface area contributed by atoms with Gasteiger partial charge >= 0.3 is 0 Å². The monoisotopic (exact) mass is 365 g/mol. The molecule has 2 aromatic carbocycles. The van der Waals surface area contributed by atoms with E-state index in [4.69, 9.17) is 9.47 Å². The number of nitrogens with one attached hydrogen (secondary N) is 1. The van der Waals surface area contributed by atoms with Gasteiger partial charge in [-0.3, -0.25) is 14.2 Å². The predicted molar refractivity (Wildman–Crippen MR) is 102 cm³/mol. The van der Waals surface area contributed by atoms with E-state index < -0.39 is 0 Å². The maximum atomic E-state index is 12.3. The molecule has 7 nitrogen and oxygen atoms in total. The molecule has 0 saturated carbocycles. The van der Waals surface area contributed by atoms with Gasteiger partial charge in [0.2, 0.25) is 5.91 Å². The van der Waals surface area contributed by atoms with Crippen LogP contribution in [-0.2, 0) is 11.3 Å². The summed E-state index contributed by atoms with van der Waals surface area (Å²) in [5.74, 6) is 0.712. The summed E-state index contributed by atoms with van der Waals surface area (Å²) < 4.78 is 11.6. The molecule has 0 radical (unpaired) electrons. The molecule has 1 aromatic heterocycles. The molecule has 0 atom stereocenters. The summed E-state index contributed by atoms with van der Waals surface area (Å²) in [6.07, 6.45) is 1.37. The van der Waals surface area contributed by atoms with E-state index in [1.54, 1.807) is 25.3 Å². The van der Waals surface area contributed by atoms with Gasteiger partial charge in [-0.2, -0.15) is 0 Å². The minimum Gasteiger partial charge on any atom is -0.497 e. The third-order valence-electron chi connectivity index (χ3n) is 3.95. The molecule has 1 N–H and O–H groups in total. The number of rotatable bonds is 6. The number of aromatic nitrogens is 2. The molecule has 27 heavy (non-hydrogen) atoms. The summed E-state index contributed by atoms with van der Waals surface area (Å²) in [6.45, 7) is -0.157. The van der Waals surface area contributed by atoms with E-state index in [0.717, 1.165) is 5.56 Å². The Morgan fingerprint density at radius 1 is 1.07 bits per heavy atom. The first-order chi connectivity index (χ1) is 13.1. The van der Waals surface area contributed by atoms with Gasteiger partial charge in [0.15, 0.2) is 0 Å². The van der Waals surface area contributed by atoms with Gasteiger partial charge in [-0.25, -0.2) is 4.98 Å². The molecule has 3 aromatic rings. The largest absolute Gasteiger partial charge is 0.497 e. The van der Waals surface area contributed by atoms with Crippen LogP contribution in [0.1, 0.15) is 0 Å². The molecule has 138 valence electrons. The van der Waals surface area contributed by atoms with E-state index in [0.29, 0.717) is 22.9 Å². The quantitative estimate of drug-likeness (QED) is 0.726. The number of nitrogens with zero attached hydrogens (tertiary/aromatic N) is 2. The van der Waals surface area contributed by atoms with Crippen LogP contribution in [0.5, 0.6) is 11.5 Å². The lowest BCUT2D eigenvalue weighted by molar-refractivity contribution is -0.116. The van der Waals surface area contributed by atoms with Gasteiger partial charge in [0, 0.05) is 17.7 Å². The molecule has 0 aliphatic carbocycles.